The topological polar surface area (TPSA) is 62.3 Å². The molecule has 1 aromatic heterocycles. The molecule has 5 nitrogen and oxygen atoms in total. The third-order valence-electron chi connectivity index (χ3n) is 7.07. The highest BCUT2D eigenvalue weighted by Crippen LogP contribution is 2.51. The van der Waals surface area contributed by atoms with Crippen molar-refractivity contribution in [2.24, 2.45) is 0 Å². The molecule has 0 radical (unpaired) electrons. The summed E-state index contributed by atoms with van der Waals surface area (Å²) in [4.78, 5) is 33.9. The van der Waals surface area contributed by atoms with Crippen molar-refractivity contribution in [3.63, 3.8) is 0 Å². The standard InChI is InChI=1S/C23H27N3O2S/c27-20(25-22-24-14-15-29-22)19-17-10-4-5-11-18(17)21(28)26(16-8-2-3-9-16)23(19)12-6-1-7-13-23/h4-5,10-11,14-16,19H,1-3,6-9,12-13H2,(H,24,25,27)/t19-/m1/s1. The molecule has 2 heterocycles. The molecule has 1 aromatic carbocycles. The van der Waals surface area contributed by atoms with E-state index in [0.29, 0.717) is 10.7 Å². The van der Waals surface area contributed by atoms with Crippen LogP contribution in [0.1, 0.15) is 79.6 Å². The molecular weight excluding hydrogens is 382 g/mol. The third-order valence-corrected chi connectivity index (χ3v) is 7.76. The molecule has 2 aromatic rings. The quantitative estimate of drug-likeness (QED) is 0.779. The largest absolute Gasteiger partial charge is 0.329 e. The molecule has 1 spiro atoms. The highest BCUT2D eigenvalue weighted by atomic mass is 32.1. The Kier molecular flexibility index (Phi) is 4.90. The maximum Gasteiger partial charge on any atom is 0.254 e. The summed E-state index contributed by atoms with van der Waals surface area (Å²) >= 11 is 1.43. The Morgan fingerprint density at radius 1 is 1.10 bits per heavy atom. The van der Waals surface area contributed by atoms with E-state index in [1.165, 1.54) is 30.6 Å². The summed E-state index contributed by atoms with van der Waals surface area (Å²) in [5.74, 6) is -0.237. The van der Waals surface area contributed by atoms with Crippen molar-refractivity contribution >= 4 is 28.3 Å². The number of anilines is 1. The predicted octanol–water partition coefficient (Wildman–Crippen LogP) is 4.97. The first-order valence-electron chi connectivity index (χ1n) is 10.8. The summed E-state index contributed by atoms with van der Waals surface area (Å²) in [5.41, 5.74) is 1.18. The van der Waals surface area contributed by atoms with E-state index >= 15 is 0 Å². The van der Waals surface area contributed by atoms with Gasteiger partial charge in [0.1, 0.15) is 0 Å². The molecule has 2 saturated carbocycles. The molecule has 1 atom stereocenters. The molecule has 2 amide bonds. The number of aromatic nitrogens is 1. The van der Waals surface area contributed by atoms with Crippen molar-refractivity contribution in [3.05, 3.63) is 47.0 Å². The van der Waals surface area contributed by atoms with Gasteiger partial charge in [0.25, 0.3) is 5.91 Å². The normalized spacial score (nSPS) is 23.9. The van der Waals surface area contributed by atoms with Crippen LogP contribution in [0.5, 0.6) is 0 Å². The van der Waals surface area contributed by atoms with Gasteiger partial charge in [-0.1, -0.05) is 50.3 Å². The Labute approximate surface area is 175 Å². The molecule has 0 bridgehead atoms. The smallest absolute Gasteiger partial charge is 0.254 e. The minimum atomic E-state index is -0.417. The number of amides is 2. The number of benzene rings is 1. The SMILES string of the molecule is O=C(Nc1nccs1)[C@H]1c2ccccc2C(=O)N(C2CCCC2)C12CCCCC2. The number of hydrogen-bond donors (Lipinski definition) is 1. The summed E-state index contributed by atoms with van der Waals surface area (Å²) in [6.45, 7) is 0. The summed E-state index contributed by atoms with van der Waals surface area (Å²) in [5, 5.41) is 5.56. The van der Waals surface area contributed by atoms with Crippen molar-refractivity contribution in [1.29, 1.82) is 0 Å². The molecule has 29 heavy (non-hydrogen) atoms. The molecule has 1 N–H and O–H groups in total. The average Bonchev–Trinajstić information content (AvgIpc) is 3.43. The number of carbonyl (C=O) groups excluding carboxylic acids is 2. The van der Waals surface area contributed by atoms with Crippen molar-refractivity contribution in [3.8, 4) is 0 Å². The Hall–Kier alpha value is -2.21. The third kappa shape index (κ3) is 3.08. The predicted molar refractivity (Wildman–Crippen MR) is 114 cm³/mol. The Morgan fingerprint density at radius 3 is 2.59 bits per heavy atom. The highest BCUT2D eigenvalue weighted by molar-refractivity contribution is 7.13. The fraction of sp³-hybridized carbons (Fsp3) is 0.522. The minimum absolute atomic E-state index is 0.0233. The lowest BCUT2D eigenvalue weighted by atomic mass is 9.64. The Balaban J connectivity index is 1.64. The van der Waals surface area contributed by atoms with Gasteiger partial charge in [0, 0.05) is 23.2 Å². The van der Waals surface area contributed by atoms with Gasteiger partial charge in [-0.2, -0.15) is 0 Å². The van der Waals surface area contributed by atoms with Crippen LogP contribution in [-0.4, -0.2) is 33.3 Å². The maximum absolute atomic E-state index is 13.7. The second kappa shape index (κ2) is 7.56. The number of rotatable bonds is 3. The molecule has 0 saturated heterocycles. The van der Waals surface area contributed by atoms with Gasteiger partial charge in [0.05, 0.1) is 11.5 Å². The van der Waals surface area contributed by atoms with Gasteiger partial charge in [-0.05, 0) is 37.3 Å². The number of fused-ring (bicyclic) bond motifs is 1. The Morgan fingerprint density at radius 2 is 1.86 bits per heavy atom. The van der Waals surface area contributed by atoms with Crippen LogP contribution >= 0.6 is 11.3 Å². The first-order chi connectivity index (χ1) is 14.2. The van der Waals surface area contributed by atoms with Crippen molar-refractivity contribution < 1.29 is 9.59 Å². The lowest BCUT2D eigenvalue weighted by Gasteiger charge is -2.55. The van der Waals surface area contributed by atoms with Crippen molar-refractivity contribution in [1.82, 2.24) is 9.88 Å². The van der Waals surface area contributed by atoms with Crippen LogP contribution in [0, 0.1) is 0 Å². The zero-order valence-electron chi connectivity index (χ0n) is 16.6. The van der Waals surface area contributed by atoms with Crippen LogP contribution in [0.15, 0.2) is 35.8 Å². The van der Waals surface area contributed by atoms with Gasteiger partial charge in [-0.25, -0.2) is 4.98 Å². The van der Waals surface area contributed by atoms with Crippen LogP contribution in [0.25, 0.3) is 0 Å². The number of carbonyl (C=O) groups is 2. The molecule has 0 unspecified atom stereocenters. The summed E-state index contributed by atoms with van der Waals surface area (Å²) in [6.07, 6.45) is 11.3. The van der Waals surface area contributed by atoms with E-state index in [1.807, 2.05) is 29.6 Å². The Bertz CT molecular complexity index is 899. The molecule has 6 heteroatoms. The second-order valence-electron chi connectivity index (χ2n) is 8.62. The van der Waals surface area contributed by atoms with Crippen molar-refractivity contribution in [2.45, 2.75) is 75.3 Å². The number of hydrogen-bond acceptors (Lipinski definition) is 4. The zero-order chi connectivity index (χ0) is 19.8. The monoisotopic (exact) mass is 409 g/mol. The van der Waals surface area contributed by atoms with Gasteiger partial charge in [0.2, 0.25) is 5.91 Å². The maximum atomic E-state index is 13.7. The number of nitrogens with zero attached hydrogens (tertiary/aromatic N) is 2. The van der Waals surface area contributed by atoms with E-state index < -0.39 is 5.54 Å². The first kappa shape index (κ1) is 18.8. The molecule has 1 aliphatic heterocycles. The second-order valence-corrected chi connectivity index (χ2v) is 9.52. The number of thiazole rings is 1. The zero-order valence-corrected chi connectivity index (χ0v) is 17.4. The van der Waals surface area contributed by atoms with Crippen LogP contribution in [0.4, 0.5) is 5.13 Å². The summed E-state index contributed by atoms with van der Waals surface area (Å²) in [6, 6.07) is 8.01. The van der Waals surface area contributed by atoms with Crippen LogP contribution < -0.4 is 5.32 Å². The molecule has 5 rings (SSSR count). The summed E-state index contributed by atoms with van der Waals surface area (Å²) < 4.78 is 0. The minimum Gasteiger partial charge on any atom is -0.329 e. The average molecular weight is 410 g/mol. The van der Waals surface area contributed by atoms with E-state index in [9.17, 15) is 9.59 Å². The van der Waals surface area contributed by atoms with Crippen LogP contribution in [0.2, 0.25) is 0 Å². The summed E-state index contributed by atoms with van der Waals surface area (Å²) in [7, 11) is 0. The van der Waals surface area contributed by atoms with Gasteiger partial charge >= 0.3 is 0 Å². The van der Waals surface area contributed by atoms with Gasteiger partial charge in [0.15, 0.2) is 5.13 Å². The molecule has 152 valence electrons. The molecule has 2 fully saturated rings. The van der Waals surface area contributed by atoms with Gasteiger partial charge in [-0.15, -0.1) is 11.3 Å². The van der Waals surface area contributed by atoms with Crippen molar-refractivity contribution in [2.75, 3.05) is 5.32 Å². The lowest BCUT2D eigenvalue weighted by molar-refractivity contribution is -0.123. The fourth-order valence-corrected chi connectivity index (χ4v) is 6.47. The van der Waals surface area contributed by atoms with E-state index in [4.69, 9.17) is 0 Å². The lowest BCUT2D eigenvalue weighted by Crippen LogP contribution is -2.64. The van der Waals surface area contributed by atoms with Gasteiger partial charge < -0.3 is 10.2 Å². The van der Waals surface area contributed by atoms with Crippen LogP contribution in [-0.2, 0) is 4.79 Å². The first-order valence-corrected chi connectivity index (χ1v) is 11.7. The molecular formula is C23H27N3O2S. The molecule has 3 aliphatic rings. The van der Waals surface area contributed by atoms with E-state index in [2.05, 4.69) is 15.2 Å². The van der Waals surface area contributed by atoms with E-state index in [0.717, 1.165) is 44.1 Å². The van der Waals surface area contributed by atoms with Crippen LogP contribution in [0.3, 0.4) is 0 Å². The number of nitrogens with one attached hydrogen (secondary N) is 1. The van der Waals surface area contributed by atoms with E-state index in [-0.39, 0.29) is 23.8 Å². The van der Waals surface area contributed by atoms with Gasteiger partial charge in [-0.3, -0.25) is 9.59 Å². The molecule has 2 aliphatic carbocycles. The fourth-order valence-electron chi connectivity index (χ4n) is 5.94. The highest BCUT2D eigenvalue weighted by Gasteiger charge is 2.56. The van der Waals surface area contributed by atoms with E-state index in [1.54, 1.807) is 6.20 Å².